The van der Waals surface area contributed by atoms with Crippen LogP contribution in [0.5, 0.6) is 0 Å². The molecule has 3 aliphatic rings. The molecule has 0 spiro atoms. The van der Waals surface area contributed by atoms with E-state index in [0.29, 0.717) is 0 Å². The van der Waals surface area contributed by atoms with Crippen LogP contribution >= 0.6 is 0 Å². The van der Waals surface area contributed by atoms with Gasteiger partial charge < -0.3 is 4.90 Å². The molecule has 0 fully saturated rings. The van der Waals surface area contributed by atoms with Crippen LogP contribution < -0.4 is 4.90 Å². The highest BCUT2D eigenvalue weighted by atomic mass is 15.1. The van der Waals surface area contributed by atoms with Gasteiger partial charge in [0.05, 0.1) is 0 Å². The zero-order valence-corrected chi connectivity index (χ0v) is 38.5. The van der Waals surface area contributed by atoms with E-state index in [4.69, 9.17) is 0 Å². The monoisotopic (exact) mass is 845 g/mol. The predicted molar refractivity (Wildman–Crippen MR) is 280 cm³/mol. The van der Waals surface area contributed by atoms with Crippen LogP contribution in [0.4, 0.5) is 17.1 Å². The molecule has 1 heteroatoms. The summed E-state index contributed by atoms with van der Waals surface area (Å²) >= 11 is 0. The number of benzene rings is 10. The Morgan fingerprint density at radius 1 is 0.258 bits per heavy atom. The van der Waals surface area contributed by atoms with Gasteiger partial charge in [-0.2, -0.15) is 0 Å². The molecule has 0 aliphatic heterocycles. The highest BCUT2D eigenvalue weighted by Gasteiger charge is 2.39. The van der Waals surface area contributed by atoms with Crippen molar-refractivity contribution in [2.45, 2.75) is 57.8 Å². The van der Waals surface area contributed by atoms with Crippen LogP contribution in [0.25, 0.3) is 77.2 Å². The van der Waals surface area contributed by atoms with Crippen LogP contribution in [0.3, 0.4) is 0 Å². The molecule has 0 aromatic heterocycles. The lowest BCUT2D eigenvalue weighted by Gasteiger charge is -2.30. The molecular formula is C65H51N. The van der Waals surface area contributed by atoms with E-state index in [9.17, 15) is 0 Å². The summed E-state index contributed by atoms with van der Waals surface area (Å²) in [5.41, 5.74) is 24.5. The second-order valence-electron chi connectivity index (χ2n) is 20.5. The fourth-order valence-electron chi connectivity index (χ4n) is 12.5. The summed E-state index contributed by atoms with van der Waals surface area (Å²) in [5.74, 6) is 0. The first kappa shape index (κ1) is 38.9. The third-order valence-electron chi connectivity index (χ3n) is 15.9. The number of rotatable bonds is 5. The van der Waals surface area contributed by atoms with E-state index in [0.717, 1.165) is 17.1 Å². The molecule has 10 aromatic rings. The summed E-state index contributed by atoms with van der Waals surface area (Å²) in [6, 6.07) is 75.7. The first-order valence-electron chi connectivity index (χ1n) is 23.6. The standard InChI is InChI=1S/C65H51N/c1-63(2)55-24-14-11-17-45(55)48-34-29-41(37-58(48)63)62-53-22-9-7-20-51(53)61(52-21-8-10-23-54(52)62)40-27-30-42(31-28-40)66(43-32-35-49-46-18-12-15-25-56(46)64(3,4)59(49)38-43)44-33-36-50-47-19-13-16-26-57(47)65(5,6)60(50)39-44/h7-39H,1-6H3. The maximum atomic E-state index is 2.48. The molecule has 66 heavy (non-hydrogen) atoms. The van der Waals surface area contributed by atoms with Crippen LogP contribution in [0.2, 0.25) is 0 Å². The minimum atomic E-state index is -0.117. The van der Waals surface area contributed by atoms with Crippen molar-refractivity contribution in [3.05, 3.63) is 234 Å². The summed E-state index contributed by atoms with van der Waals surface area (Å²) in [4.78, 5) is 2.48. The maximum Gasteiger partial charge on any atom is 0.0465 e. The van der Waals surface area contributed by atoms with Crippen LogP contribution in [0.1, 0.15) is 74.9 Å². The summed E-state index contributed by atoms with van der Waals surface area (Å²) in [7, 11) is 0. The molecule has 316 valence electrons. The Kier molecular flexibility index (Phi) is 8.12. The molecule has 0 atom stereocenters. The van der Waals surface area contributed by atoms with Gasteiger partial charge in [-0.15, -0.1) is 0 Å². The van der Waals surface area contributed by atoms with Gasteiger partial charge in [0.1, 0.15) is 0 Å². The van der Waals surface area contributed by atoms with E-state index in [1.165, 1.54) is 111 Å². The van der Waals surface area contributed by atoms with Gasteiger partial charge in [0, 0.05) is 33.3 Å². The molecule has 13 rings (SSSR count). The molecule has 0 heterocycles. The lowest BCUT2D eigenvalue weighted by molar-refractivity contribution is 0.660. The Labute approximate surface area is 388 Å². The van der Waals surface area contributed by atoms with Crippen molar-refractivity contribution in [3.63, 3.8) is 0 Å². The molecule has 0 unspecified atom stereocenters. The number of hydrogen-bond donors (Lipinski definition) is 0. The molecule has 0 saturated heterocycles. The molecule has 0 saturated carbocycles. The summed E-state index contributed by atoms with van der Waals surface area (Å²) in [5, 5.41) is 5.07. The van der Waals surface area contributed by atoms with Gasteiger partial charge in [0.15, 0.2) is 0 Å². The van der Waals surface area contributed by atoms with Crippen molar-refractivity contribution in [2.75, 3.05) is 4.90 Å². The second-order valence-corrected chi connectivity index (χ2v) is 20.5. The third kappa shape index (κ3) is 5.35. The smallest absolute Gasteiger partial charge is 0.0465 e. The number of nitrogens with zero attached hydrogens (tertiary/aromatic N) is 1. The highest BCUT2D eigenvalue weighted by molar-refractivity contribution is 6.21. The Hall–Kier alpha value is -7.48. The summed E-state index contributed by atoms with van der Waals surface area (Å²) in [6.07, 6.45) is 0. The molecule has 0 radical (unpaired) electrons. The SMILES string of the molecule is CC1(C)c2ccccc2-c2ccc(-c3c4ccccc4c(-c4ccc(N(c5ccc6c(c5)C(C)(C)c5ccccc5-6)c5ccc6c(c5)C(C)(C)c5ccccc5-6)cc4)c4ccccc34)cc21. The van der Waals surface area contributed by atoms with Gasteiger partial charge in [-0.05, 0) is 153 Å². The van der Waals surface area contributed by atoms with Gasteiger partial charge in [-0.1, -0.05) is 199 Å². The fourth-order valence-corrected chi connectivity index (χ4v) is 12.5. The predicted octanol–water partition coefficient (Wildman–Crippen LogP) is 17.7. The number of hydrogen-bond acceptors (Lipinski definition) is 1. The van der Waals surface area contributed by atoms with Crippen molar-refractivity contribution in [2.24, 2.45) is 0 Å². The molecule has 3 aliphatic carbocycles. The van der Waals surface area contributed by atoms with E-state index < -0.39 is 0 Å². The van der Waals surface area contributed by atoms with E-state index in [1.54, 1.807) is 0 Å². The molecule has 0 amide bonds. The van der Waals surface area contributed by atoms with E-state index in [2.05, 4.69) is 247 Å². The van der Waals surface area contributed by atoms with Gasteiger partial charge in [-0.25, -0.2) is 0 Å². The Morgan fingerprint density at radius 2 is 0.561 bits per heavy atom. The molecule has 0 bridgehead atoms. The maximum absolute atomic E-state index is 2.48. The van der Waals surface area contributed by atoms with Gasteiger partial charge >= 0.3 is 0 Å². The van der Waals surface area contributed by atoms with Crippen molar-refractivity contribution >= 4 is 38.6 Å². The Bertz CT molecular complexity index is 3510. The van der Waals surface area contributed by atoms with E-state index in [-0.39, 0.29) is 16.2 Å². The van der Waals surface area contributed by atoms with Gasteiger partial charge in [-0.3, -0.25) is 0 Å². The summed E-state index contributed by atoms with van der Waals surface area (Å²) in [6.45, 7) is 14.2. The normalized spacial score (nSPS) is 15.2. The Balaban J connectivity index is 0.970. The van der Waals surface area contributed by atoms with E-state index >= 15 is 0 Å². The topological polar surface area (TPSA) is 3.24 Å². The summed E-state index contributed by atoms with van der Waals surface area (Å²) < 4.78 is 0. The van der Waals surface area contributed by atoms with Gasteiger partial charge in [0.2, 0.25) is 0 Å². The first-order valence-corrected chi connectivity index (χ1v) is 23.6. The average Bonchev–Trinajstić information content (AvgIpc) is 3.83. The van der Waals surface area contributed by atoms with Crippen LogP contribution in [0, 0.1) is 0 Å². The van der Waals surface area contributed by atoms with E-state index in [1.807, 2.05) is 0 Å². The van der Waals surface area contributed by atoms with Crippen LogP contribution in [0.15, 0.2) is 200 Å². The zero-order chi connectivity index (χ0) is 44.7. The number of fused-ring (bicyclic) bond motifs is 11. The lowest BCUT2D eigenvalue weighted by atomic mass is 9.80. The third-order valence-corrected chi connectivity index (χ3v) is 15.9. The number of anilines is 3. The van der Waals surface area contributed by atoms with Crippen molar-refractivity contribution < 1.29 is 0 Å². The first-order chi connectivity index (χ1) is 32.0. The van der Waals surface area contributed by atoms with Crippen LogP contribution in [-0.4, -0.2) is 0 Å². The molecule has 0 N–H and O–H groups in total. The van der Waals surface area contributed by atoms with Crippen molar-refractivity contribution in [3.8, 4) is 55.6 Å². The second kappa shape index (κ2) is 13.8. The fraction of sp³-hybridized carbons (Fsp3) is 0.138. The minimum absolute atomic E-state index is 0.0783. The largest absolute Gasteiger partial charge is 0.310 e. The highest BCUT2D eigenvalue weighted by Crippen LogP contribution is 2.55. The van der Waals surface area contributed by atoms with Crippen LogP contribution in [-0.2, 0) is 16.2 Å². The van der Waals surface area contributed by atoms with Gasteiger partial charge in [0.25, 0.3) is 0 Å². The van der Waals surface area contributed by atoms with Crippen molar-refractivity contribution in [1.82, 2.24) is 0 Å². The van der Waals surface area contributed by atoms with Crippen molar-refractivity contribution in [1.29, 1.82) is 0 Å². The quantitative estimate of drug-likeness (QED) is 0.156. The molecule has 10 aromatic carbocycles. The molecule has 1 nitrogen and oxygen atoms in total. The average molecular weight is 846 g/mol. The lowest BCUT2D eigenvalue weighted by Crippen LogP contribution is -2.18. The molecular weight excluding hydrogens is 795 g/mol. The Morgan fingerprint density at radius 3 is 0.985 bits per heavy atom. The minimum Gasteiger partial charge on any atom is -0.310 e. The zero-order valence-electron chi connectivity index (χ0n) is 38.5.